The predicted octanol–water partition coefficient (Wildman–Crippen LogP) is 2.07. The van der Waals surface area contributed by atoms with Crippen LogP contribution >= 0.6 is 11.6 Å². The van der Waals surface area contributed by atoms with E-state index in [9.17, 15) is 0 Å². The third-order valence-corrected chi connectivity index (χ3v) is 3.47. The minimum Gasteiger partial charge on any atom is -0.492 e. The lowest BCUT2D eigenvalue weighted by molar-refractivity contribution is 0.0322. The molecule has 5 heteroatoms. The van der Waals surface area contributed by atoms with Gasteiger partial charge in [0, 0.05) is 36.3 Å². The summed E-state index contributed by atoms with van der Waals surface area (Å²) in [6.45, 7) is 7.07. The zero-order valence-corrected chi connectivity index (χ0v) is 12.0. The van der Waals surface area contributed by atoms with Crippen molar-refractivity contribution < 1.29 is 9.47 Å². The van der Waals surface area contributed by atoms with Gasteiger partial charge in [0.05, 0.1) is 13.2 Å². The fraction of sp³-hybridized carbons (Fsp3) is 0.571. The average Bonchev–Trinajstić information content (AvgIpc) is 2.41. The molecular formula is C14H21ClN2O2. The number of hydrogen-bond donors (Lipinski definition) is 1. The molecule has 106 valence electrons. The molecule has 0 bridgehead atoms. The standard InChI is InChI=1S/C14H21ClN2O2/c1-11(16)13-10-12(15)2-3-14(13)19-9-6-17-4-7-18-8-5-17/h2-3,10-11H,4-9,16H2,1H3. The molecule has 0 spiro atoms. The lowest BCUT2D eigenvalue weighted by Gasteiger charge is -2.26. The van der Waals surface area contributed by atoms with Crippen LogP contribution in [0.25, 0.3) is 0 Å². The molecule has 1 aliphatic rings. The van der Waals surface area contributed by atoms with Gasteiger partial charge in [-0.2, -0.15) is 0 Å². The van der Waals surface area contributed by atoms with E-state index in [0.29, 0.717) is 11.6 Å². The van der Waals surface area contributed by atoms with Crippen LogP contribution in [0.4, 0.5) is 0 Å². The lowest BCUT2D eigenvalue weighted by atomic mass is 10.1. The molecular weight excluding hydrogens is 264 g/mol. The first-order chi connectivity index (χ1) is 9.16. The smallest absolute Gasteiger partial charge is 0.124 e. The first-order valence-corrected chi connectivity index (χ1v) is 7.02. The topological polar surface area (TPSA) is 47.7 Å². The summed E-state index contributed by atoms with van der Waals surface area (Å²) in [7, 11) is 0. The highest BCUT2D eigenvalue weighted by Crippen LogP contribution is 2.27. The Kier molecular flexibility index (Phi) is 5.45. The first-order valence-electron chi connectivity index (χ1n) is 6.65. The molecule has 1 fully saturated rings. The number of rotatable bonds is 5. The van der Waals surface area contributed by atoms with Crippen molar-refractivity contribution in [1.82, 2.24) is 4.90 Å². The molecule has 0 aliphatic carbocycles. The Morgan fingerprint density at radius 2 is 2.16 bits per heavy atom. The number of ether oxygens (including phenoxy) is 2. The molecule has 1 aromatic carbocycles. The highest BCUT2D eigenvalue weighted by Gasteiger charge is 2.12. The Morgan fingerprint density at radius 3 is 2.84 bits per heavy atom. The second-order valence-corrected chi connectivity index (χ2v) is 5.21. The molecule has 0 aromatic heterocycles. The maximum Gasteiger partial charge on any atom is 0.124 e. The van der Waals surface area contributed by atoms with Gasteiger partial charge in [-0.05, 0) is 25.1 Å². The molecule has 1 aromatic rings. The molecule has 4 nitrogen and oxygen atoms in total. The first kappa shape index (κ1) is 14.6. The summed E-state index contributed by atoms with van der Waals surface area (Å²) in [4.78, 5) is 2.34. The average molecular weight is 285 g/mol. The summed E-state index contributed by atoms with van der Waals surface area (Å²) >= 11 is 5.98. The molecule has 0 radical (unpaired) electrons. The Balaban J connectivity index is 1.88. The van der Waals surface area contributed by atoms with Gasteiger partial charge < -0.3 is 15.2 Å². The third-order valence-electron chi connectivity index (χ3n) is 3.23. The largest absolute Gasteiger partial charge is 0.492 e. The molecule has 0 amide bonds. The zero-order chi connectivity index (χ0) is 13.7. The van der Waals surface area contributed by atoms with Crippen LogP contribution in [0.2, 0.25) is 5.02 Å². The Labute approximate surface area is 119 Å². The number of benzene rings is 1. The van der Waals surface area contributed by atoms with E-state index < -0.39 is 0 Å². The van der Waals surface area contributed by atoms with Gasteiger partial charge in [-0.3, -0.25) is 4.90 Å². The number of nitrogens with zero attached hydrogens (tertiary/aromatic N) is 1. The van der Waals surface area contributed by atoms with Crippen LogP contribution < -0.4 is 10.5 Å². The molecule has 19 heavy (non-hydrogen) atoms. The summed E-state index contributed by atoms with van der Waals surface area (Å²) in [5.41, 5.74) is 6.89. The summed E-state index contributed by atoms with van der Waals surface area (Å²) in [5.74, 6) is 0.827. The Bertz CT molecular complexity index is 406. The molecule has 1 aliphatic heterocycles. The Morgan fingerprint density at radius 1 is 1.42 bits per heavy atom. The molecule has 1 heterocycles. The summed E-state index contributed by atoms with van der Waals surface area (Å²) < 4.78 is 11.1. The van der Waals surface area contributed by atoms with Crippen molar-refractivity contribution in [2.75, 3.05) is 39.5 Å². The zero-order valence-electron chi connectivity index (χ0n) is 11.3. The third kappa shape index (κ3) is 4.35. The van der Waals surface area contributed by atoms with Gasteiger partial charge in [0.15, 0.2) is 0 Å². The molecule has 2 rings (SSSR count). The Hall–Kier alpha value is -0.810. The normalized spacial score (nSPS) is 18.3. The van der Waals surface area contributed by atoms with E-state index in [1.807, 2.05) is 25.1 Å². The van der Waals surface area contributed by atoms with Crippen molar-refractivity contribution in [1.29, 1.82) is 0 Å². The maximum atomic E-state index is 5.98. The van der Waals surface area contributed by atoms with Crippen molar-refractivity contribution in [3.05, 3.63) is 28.8 Å². The number of hydrogen-bond acceptors (Lipinski definition) is 4. The minimum absolute atomic E-state index is 0.0860. The summed E-state index contributed by atoms with van der Waals surface area (Å²) in [6.07, 6.45) is 0. The van der Waals surface area contributed by atoms with E-state index in [2.05, 4.69) is 4.90 Å². The number of nitrogens with two attached hydrogens (primary N) is 1. The van der Waals surface area contributed by atoms with Gasteiger partial charge in [0.2, 0.25) is 0 Å². The molecule has 1 atom stereocenters. The number of morpholine rings is 1. The van der Waals surface area contributed by atoms with E-state index >= 15 is 0 Å². The van der Waals surface area contributed by atoms with Crippen LogP contribution in [0.15, 0.2) is 18.2 Å². The van der Waals surface area contributed by atoms with Gasteiger partial charge in [-0.15, -0.1) is 0 Å². The van der Waals surface area contributed by atoms with Crippen LogP contribution in [0.3, 0.4) is 0 Å². The monoisotopic (exact) mass is 284 g/mol. The van der Waals surface area contributed by atoms with E-state index in [1.165, 1.54) is 0 Å². The van der Waals surface area contributed by atoms with Crippen molar-refractivity contribution in [2.45, 2.75) is 13.0 Å². The van der Waals surface area contributed by atoms with E-state index in [4.69, 9.17) is 26.8 Å². The van der Waals surface area contributed by atoms with Crippen LogP contribution in [-0.4, -0.2) is 44.4 Å². The fourth-order valence-electron chi connectivity index (χ4n) is 2.12. The quantitative estimate of drug-likeness (QED) is 0.899. The van der Waals surface area contributed by atoms with Crippen LogP contribution in [0.5, 0.6) is 5.75 Å². The molecule has 0 saturated carbocycles. The van der Waals surface area contributed by atoms with Crippen LogP contribution in [0, 0.1) is 0 Å². The van der Waals surface area contributed by atoms with Gasteiger partial charge in [-0.1, -0.05) is 11.6 Å². The lowest BCUT2D eigenvalue weighted by Crippen LogP contribution is -2.38. The highest BCUT2D eigenvalue weighted by molar-refractivity contribution is 6.30. The van der Waals surface area contributed by atoms with Gasteiger partial charge in [0.1, 0.15) is 12.4 Å². The van der Waals surface area contributed by atoms with Crippen molar-refractivity contribution in [2.24, 2.45) is 5.73 Å². The van der Waals surface area contributed by atoms with Crippen molar-refractivity contribution >= 4 is 11.6 Å². The van der Waals surface area contributed by atoms with Crippen LogP contribution in [-0.2, 0) is 4.74 Å². The molecule has 2 N–H and O–H groups in total. The van der Waals surface area contributed by atoms with Crippen molar-refractivity contribution in [3.8, 4) is 5.75 Å². The second-order valence-electron chi connectivity index (χ2n) is 4.77. The van der Waals surface area contributed by atoms with E-state index in [0.717, 1.165) is 44.2 Å². The summed E-state index contributed by atoms with van der Waals surface area (Å²) in [6, 6.07) is 5.51. The second kappa shape index (κ2) is 7.10. The van der Waals surface area contributed by atoms with Gasteiger partial charge in [0.25, 0.3) is 0 Å². The maximum absolute atomic E-state index is 5.98. The van der Waals surface area contributed by atoms with E-state index in [-0.39, 0.29) is 6.04 Å². The van der Waals surface area contributed by atoms with E-state index in [1.54, 1.807) is 0 Å². The van der Waals surface area contributed by atoms with Gasteiger partial charge >= 0.3 is 0 Å². The molecule has 1 saturated heterocycles. The van der Waals surface area contributed by atoms with Gasteiger partial charge in [-0.25, -0.2) is 0 Å². The highest BCUT2D eigenvalue weighted by atomic mass is 35.5. The molecule has 1 unspecified atom stereocenters. The van der Waals surface area contributed by atoms with Crippen LogP contribution in [0.1, 0.15) is 18.5 Å². The summed E-state index contributed by atoms with van der Waals surface area (Å²) in [5, 5.41) is 0.688. The SMILES string of the molecule is CC(N)c1cc(Cl)ccc1OCCN1CCOCC1. The number of halogens is 1. The predicted molar refractivity (Wildman–Crippen MR) is 76.8 cm³/mol. The fourth-order valence-corrected chi connectivity index (χ4v) is 2.30. The minimum atomic E-state index is -0.0860. The van der Waals surface area contributed by atoms with Crippen molar-refractivity contribution in [3.63, 3.8) is 0 Å².